The predicted molar refractivity (Wildman–Crippen MR) is 37.3 cm³/mol. The Balaban J connectivity index is 0. The van der Waals surface area contributed by atoms with Crippen molar-refractivity contribution in [2.45, 2.75) is 0 Å². The van der Waals surface area contributed by atoms with E-state index in [-0.39, 0.29) is 13.2 Å². The molecule has 0 aliphatic rings. The zero-order valence-electron chi connectivity index (χ0n) is 6.12. The molecule has 10 heavy (non-hydrogen) atoms. The fourth-order valence-electron chi connectivity index (χ4n) is 0.116. The van der Waals surface area contributed by atoms with Gasteiger partial charge in [0.25, 0.3) is 0 Å². The fourth-order valence-corrected chi connectivity index (χ4v) is 0.116. The summed E-state index contributed by atoms with van der Waals surface area (Å²) in [4.78, 5) is 8.58. The molecule has 4 nitrogen and oxygen atoms in total. The molecule has 0 bridgehead atoms. The van der Waals surface area contributed by atoms with Crippen molar-refractivity contribution in [2.75, 3.05) is 26.9 Å². The lowest BCUT2D eigenvalue weighted by Gasteiger charge is -1.88. The van der Waals surface area contributed by atoms with Crippen molar-refractivity contribution < 1.29 is 20.0 Å². The Morgan fingerprint density at radius 2 is 1.90 bits per heavy atom. The van der Waals surface area contributed by atoms with Crippen LogP contribution in [0.2, 0.25) is 0 Å². The van der Waals surface area contributed by atoms with Crippen LogP contribution in [0.5, 0.6) is 0 Å². The second kappa shape index (κ2) is 15.8. The molecule has 0 unspecified atom stereocenters. The highest BCUT2D eigenvalue weighted by molar-refractivity contribution is 4.61. The minimum atomic E-state index is -0.125. The van der Waals surface area contributed by atoms with Crippen molar-refractivity contribution >= 4 is 0 Å². The van der Waals surface area contributed by atoms with E-state index in [1.807, 2.05) is 0 Å². The average molecular weight is 150 g/mol. The van der Waals surface area contributed by atoms with Crippen molar-refractivity contribution in [1.29, 1.82) is 0 Å². The molecule has 0 fully saturated rings. The molecule has 0 aliphatic heterocycles. The summed E-state index contributed by atoms with van der Waals surface area (Å²) in [5.41, 5.74) is 0. The maximum atomic E-state index is 7.62. The zero-order chi connectivity index (χ0) is 8.24. The highest BCUT2D eigenvalue weighted by Gasteiger charge is 1.68. The molecule has 2 N–H and O–H groups in total. The van der Waals surface area contributed by atoms with E-state index >= 15 is 0 Å². The fraction of sp³-hybridized carbons (Fsp3) is 0.667. The molecule has 0 radical (unpaired) electrons. The van der Waals surface area contributed by atoms with E-state index < -0.39 is 0 Å². The largest absolute Gasteiger partial charge is 0.394 e. The Bertz CT molecular complexity index is 53.7. The third-order valence-electron chi connectivity index (χ3n) is 0.404. The molecule has 0 aromatic carbocycles. The summed E-state index contributed by atoms with van der Waals surface area (Å²) >= 11 is 0. The van der Waals surface area contributed by atoms with Crippen LogP contribution in [0.25, 0.3) is 0 Å². The minimum Gasteiger partial charge on any atom is -0.394 e. The monoisotopic (exact) mass is 150 g/mol. The molecule has 0 aliphatic carbocycles. The van der Waals surface area contributed by atoms with E-state index in [1.165, 1.54) is 7.11 Å². The molecule has 0 amide bonds. The molecule has 0 spiro atoms. The lowest BCUT2D eigenvalue weighted by Crippen LogP contribution is -1.85. The van der Waals surface area contributed by atoms with Crippen LogP contribution in [0.3, 0.4) is 0 Å². The third kappa shape index (κ3) is 25.6. The Morgan fingerprint density at radius 1 is 1.40 bits per heavy atom. The van der Waals surface area contributed by atoms with Crippen molar-refractivity contribution in [3.8, 4) is 0 Å². The zero-order valence-corrected chi connectivity index (χ0v) is 6.12. The molecule has 62 valence electrons. The highest BCUT2D eigenvalue weighted by Crippen LogP contribution is 1.69. The summed E-state index contributed by atoms with van der Waals surface area (Å²) in [5, 5.41) is 15.2. The average Bonchev–Trinajstić information content (AvgIpc) is 2.01. The second-order valence-corrected chi connectivity index (χ2v) is 1.19. The molecule has 0 rings (SSSR count). The van der Waals surface area contributed by atoms with E-state index in [4.69, 9.17) is 10.2 Å². The van der Waals surface area contributed by atoms with Crippen molar-refractivity contribution in [1.82, 2.24) is 0 Å². The van der Waals surface area contributed by atoms with Gasteiger partial charge < -0.3 is 10.2 Å². The number of aliphatic hydroxyl groups excluding tert-OH is 2. The van der Waals surface area contributed by atoms with Crippen LogP contribution >= 0.6 is 0 Å². The van der Waals surface area contributed by atoms with E-state index in [0.717, 1.165) is 0 Å². The first-order chi connectivity index (χ1) is 4.83. The van der Waals surface area contributed by atoms with Crippen molar-refractivity contribution in [3.63, 3.8) is 0 Å². The van der Waals surface area contributed by atoms with Gasteiger partial charge in [0.15, 0.2) is 0 Å². The van der Waals surface area contributed by atoms with Gasteiger partial charge in [-0.1, -0.05) is 6.08 Å². The molecule has 0 saturated carbocycles. The molecular weight excluding hydrogens is 136 g/mol. The first-order valence-electron chi connectivity index (χ1n) is 2.81. The van der Waals surface area contributed by atoms with Crippen molar-refractivity contribution in [2.24, 2.45) is 0 Å². The van der Waals surface area contributed by atoms with Gasteiger partial charge in [0.2, 0.25) is 0 Å². The second-order valence-electron chi connectivity index (χ2n) is 1.19. The number of hydrogen-bond acceptors (Lipinski definition) is 4. The van der Waals surface area contributed by atoms with Gasteiger partial charge in [-0.3, -0.25) is 0 Å². The predicted octanol–water partition coefficient (Wildman–Crippen LogP) is -0.279. The first-order valence-corrected chi connectivity index (χ1v) is 2.81. The maximum Gasteiger partial charge on any atom is 0.100 e. The van der Waals surface area contributed by atoms with Gasteiger partial charge in [0.05, 0.1) is 20.3 Å². The summed E-state index contributed by atoms with van der Waals surface area (Å²) in [5.74, 6) is 0. The minimum absolute atomic E-state index is 0.125. The highest BCUT2D eigenvalue weighted by atomic mass is 17.2. The maximum absolute atomic E-state index is 7.62. The summed E-state index contributed by atoms with van der Waals surface area (Å²) in [6.07, 6.45) is 1.61. The van der Waals surface area contributed by atoms with Crippen LogP contribution < -0.4 is 0 Å². The lowest BCUT2D eigenvalue weighted by molar-refractivity contribution is -0.263. The molecule has 0 atom stereocenters. The molecule has 0 heterocycles. The summed E-state index contributed by atoms with van der Waals surface area (Å²) in [6.45, 7) is 3.60. The number of aliphatic hydroxyl groups is 2. The quantitative estimate of drug-likeness (QED) is 0.250. The lowest BCUT2D eigenvalue weighted by atomic mass is 10.7. The summed E-state index contributed by atoms with van der Waals surface area (Å²) in [6, 6.07) is 0. The molecule has 0 aromatic rings. The molecule has 0 aromatic heterocycles. The Kier molecular flexibility index (Phi) is 19.4. The third-order valence-corrected chi connectivity index (χ3v) is 0.404. The Labute approximate surface area is 60.6 Å². The number of hydrogen-bond donors (Lipinski definition) is 2. The number of rotatable bonds is 4. The van der Waals surface area contributed by atoms with Gasteiger partial charge in [-0.25, -0.2) is 9.78 Å². The van der Waals surface area contributed by atoms with E-state index in [0.29, 0.717) is 6.61 Å². The van der Waals surface area contributed by atoms with Crippen LogP contribution in [-0.4, -0.2) is 37.1 Å². The van der Waals surface area contributed by atoms with Gasteiger partial charge in [0, 0.05) is 0 Å². The van der Waals surface area contributed by atoms with Crippen LogP contribution in [0.4, 0.5) is 0 Å². The van der Waals surface area contributed by atoms with Gasteiger partial charge in [-0.15, -0.1) is 6.58 Å². The molecular formula is C6H14O4. The van der Waals surface area contributed by atoms with Gasteiger partial charge in [-0.05, 0) is 0 Å². The summed E-state index contributed by atoms with van der Waals surface area (Å²) < 4.78 is 0. The summed E-state index contributed by atoms with van der Waals surface area (Å²) in [7, 11) is 1.46. The van der Waals surface area contributed by atoms with E-state index in [2.05, 4.69) is 16.4 Å². The normalized spacial score (nSPS) is 7.90. The smallest absolute Gasteiger partial charge is 0.100 e. The van der Waals surface area contributed by atoms with Crippen LogP contribution in [0, 0.1) is 0 Å². The molecule has 4 heteroatoms. The van der Waals surface area contributed by atoms with Gasteiger partial charge in [0.1, 0.15) is 6.61 Å². The SMILES string of the molecule is C=CCOOC.OCCO. The first kappa shape index (κ1) is 12.3. The Hall–Kier alpha value is -0.420. The topological polar surface area (TPSA) is 58.9 Å². The van der Waals surface area contributed by atoms with Crippen LogP contribution in [0.15, 0.2) is 12.7 Å². The van der Waals surface area contributed by atoms with Crippen LogP contribution in [0.1, 0.15) is 0 Å². The van der Waals surface area contributed by atoms with Gasteiger partial charge in [-0.2, -0.15) is 0 Å². The van der Waals surface area contributed by atoms with E-state index in [9.17, 15) is 0 Å². The van der Waals surface area contributed by atoms with Gasteiger partial charge >= 0.3 is 0 Å². The van der Waals surface area contributed by atoms with E-state index in [1.54, 1.807) is 6.08 Å². The molecule has 0 saturated heterocycles. The Morgan fingerprint density at radius 3 is 2.00 bits per heavy atom. The standard InChI is InChI=1S/C4H8O2.C2H6O2/c1-3-4-6-5-2;3-1-2-4/h3H,1,4H2,2H3;3-4H,1-2H2. The van der Waals surface area contributed by atoms with Crippen molar-refractivity contribution in [3.05, 3.63) is 12.7 Å². The van der Waals surface area contributed by atoms with Crippen LogP contribution in [-0.2, 0) is 9.78 Å².